The third-order valence-electron chi connectivity index (χ3n) is 2.80. The van der Waals surface area contributed by atoms with Crippen LogP contribution >= 0.6 is 0 Å². The summed E-state index contributed by atoms with van der Waals surface area (Å²) in [7, 11) is 0.211. The molecule has 0 aliphatic rings. The van der Waals surface area contributed by atoms with Crippen molar-refractivity contribution in [2.45, 2.75) is 46.0 Å². The zero-order valence-electron chi connectivity index (χ0n) is 13.0. The summed E-state index contributed by atoms with van der Waals surface area (Å²) in [5.41, 5.74) is 0.346. The van der Waals surface area contributed by atoms with Gasteiger partial charge in [0.2, 0.25) is 0 Å². The van der Waals surface area contributed by atoms with Gasteiger partial charge in [0, 0.05) is 5.54 Å². The highest BCUT2D eigenvalue weighted by molar-refractivity contribution is 6.88. The van der Waals surface area contributed by atoms with E-state index in [0.717, 1.165) is 0 Å². The van der Waals surface area contributed by atoms with E-state index in [9.17, 15) is 4.79 Å². The van der Waals surface area contributed by atoms with Crippen LogP contribution < -0.4 is 15.2 Å². The first-order valence-electron chi connectivity index (χ1n) is 6.55. The molecular formula is C15H25NO2Si. The second-order valence-electron chi connectivity index (χ2n) is 6.87. The van der Waals surface area contributed by atoms with Crippen molar-refractivity contribution >= 4 is 19.2 Å². The Kier molecular flexibility index (Phi) is 4.45. The molecule has 0 fully saturated rings. The maximum absolute atomic E-state index is 12.2. The lowest BCUT2D eigenvalue weighted by molar-refractivity contribution is 0.0916. The van der Waals surface area contributed by atoms with Crippen molar-refractivity contribution in [3.05, 3.63) is 23.8 Å². The normalized spacial score (nSPS) is 12.2. The number of nitrogens with one attached hydrogen (secondary N) is 1. The monoisotopic (exact) mass is 279 g/mol. The molecule has 106 valence electrons. The summed E-state index contributed by atoms with van der Waals surface area (Å²) in [5.74, 6) is 0.563. The van der Waals surface area contributed by atoms with Crippen molar-refractivity contribution in [1.82, 2.24) is 5.32 Å². The van der Waals surface area contributed by atoms with E-state index in [1.54, 1.807) is 7.11 Å². The fraction of sp³-hybridized carbons (Fsp3) is 0.533. The number of hydrogen-bond acceptors (Lipinski definition) is 2. The minimum absolute atomic E-state index is 0.0912. The second kappa shape index (κ2) is 5.37. The van der Waals surface area contributed by atoms with Gasteiger partial charge in [-0.05, 0) is 32.9 Å². The Bertz CT molecular complexity index is 470. The third kappa shape index (κ3) is 4.38. The summed E-state index contributed by atoms with van der Waals surface area (Å²) in [6.07, 6.45) is 0. The van der Waals surface area contributed by atoms with Gasteiger partial charge in [-0.1, -0.05) is 30.9 Å². The number of amides is 1. The van der Waals surface area contributed by atoms with Crippen LogP contribution in [0.15, 0.2) is 18.2 Å². The third-order valence-corrected chi connectivity index (χ3v) is 4.84. The lowest BCUT2D eigenvalue weighted by atomic mass is 10.1. The molecule has 1 N–H and O–H groups in total. The minimum Gasteiger partial charge on any atom is -0.496 e. The van der Waals surface area contributed by atoms with E-state index >= 15 is 0 Å². The number of hydrogen-bond donors (Lipinski definition) is 1. The molecule has 0 spiro atoms. The predicted octanol–water partition coefficient (Wildman–Crippen LogP) is 2.77. The lowest BCUT2D eigenvalue weighted by Crippen LogP contribution is -2.41. The van der Waals surface area contributed by atoms with Crippen LogP contribution in [0.25, 0.3) is 0 Å². The molecule has 0 atom stereocenters. The quantitative estimate of drug-likeness (QED) is 0.864. The molecule has 3 nitrogen and oxygen atoms in total. The van der Waals surface area contributed by atoms with Crippen LogP contribution in [0.1, 0.15) is 31.1 Å². The van der Waals surface area contributed by atoms with Gasteiger partial charge in [0.25, 0.3) is 5.91 Å². The Morgan fingerprint density at radius 1 is 1.21 bits per heavy atom. The molecular weight excluding hydrogens is 254 g/mol. The number of benzene rings is 1. The highest BCUT2D eigenvalue weighted by atomic mass is 28.3. The van der Waals surface area contributed by atoms with Gasteiger partial charge in [-0.3, -0.25) is 4.79 Å². The van der Waals surface area contributed by atoms with Crippen LogP contribution in [-0.2, 0) is 0 Å². The van der Waals surface area contributed by atoms with Crippen LogP contribution in [0.4, 0.5) is 0 Å². The summed E-state index contributed by atoms with van der Waals surface area (Å²) in [4.78, 5) is 12.2. The fourth-order valence-electron chi connectivity index (χ4n) is 1.75. The Morgan fingerprint density at radius 3 is 2.21 bits per heavy atom. The number of methoxy groups -OCH3 is 1. The summed E-state index contributed by atoms with van der Waals surface area (Å²) in [5, 5.41) is 4.25. The summed E-state index contributed by atoms with van der Waals surface area (Å²) < 4.78 is 5.38. The standard InChI is InChI=1S/C15H25NO2Si/c1-15(2,3)16-14(17)12-9-8-11(19(5,6)7)10-13(12)18-4/h8-10H,1-7H3,(H,16,17). The zero-order valence-corrected chi connectivity index (χ0v) is 14.0. The maximum Gasteiger partial charge on any atom is 0.255 e. The maximum atomic E-state index is 12.2. The molecule has 0 heterocycles. The van der Waals surface area contributed by atoms with Crippen LogP contribution in [0.2, 0.25) is 19.6 Å². The molecule has 0 saturated carbocycles. The molecule has 0 aromatic heterocycles. The molecule has 19 heavy (non-hydrogen) atoms. The average Bonchev–Trinajstić information content (AvgIpc) is 2.24. The molecule has 0 bridgehead atoms. The van der Waals surface area contributed by atoms with E-state index in [1.165, 1.54) is 5.19 Å². The SMILES string of the molecule is COc1cc([Si](C)(C)C)ccc1C(=O)NC(C)(C)C. The molecule has 1 rings (SSSR count). The molecule has 0 aliphatic heterocycles. The van der Waals surface area contributed by atoms with Crippen molar-refractivity contribution < 1.29 is 9.53 Å². The smallest absolute Gasteiger partial charge is 0.255 e. The van der Waals surface area contributed by atoms with E-state index in [0.29, 0.717) is 11.3 Å². The van der Waals surface area contributed by atoms with Gasteiger partial charge in [-0.15, -0.1) is 0 Å². The average molecular weight is 279 g/mol. The second-order valence-corrected chi connectivity index (χ2v) is 11.9. The van der Waals surface area contributed by atoms with Crippen molar-refractivity contribution in [3.63, 3.8) is 0 Å². The van der Waals surface area contributed by atoms with Crippen molar-refractivity contribution in [2.75, 3.05) is 7.11 Å². The highest BCUT2D eigenvalue weighted by Gasteiger charge is 2.22. The van der Waals surface area contributed by atoms with Crippen molar-refractivity contribution in [3.8, 4) is 5.75 Å². The predicted molar refractivity (Wildman–Crippen MR) is 83.2 cm³/mol. The molecule has 0 aliphatic carbocycles. The van der Waals surface area contributed by atoms with Gasteiger partial charge in [-0.2, -0.15) is 0 Å². The van der Waals surface area contributed by atoms with E-state index in [-0.39, 0.29) is 11.4 Å². The van der Waals surface area contributed by atoms with Gasteiger partial charge in [-0.25, -0.2) is 0 Å². The first-order chi connectivity index (χ1) is 8.54. The van der Waals surface area contributed by atoms with Crippen LogP contribution in [0.3, 0.4) is 0 Å². The Labute approximate surface area is 117 Å². The molecule has 0 saturated heterocycles. The van der Waals surface area contributed by atoms with E-state index in [4.69, 9.17) is 4.74 Å². The Hall–Kier alpha value is -1.29. The van der Waals surface area contributed by atoms with E-state index < -0.39 is 8.07 Å². The van der Waals surface area contributed by atoms with E-state index in [1.807, 2.05) is 39.0 Å². The molecule has 1 amide bonds. The number of rotatable bonds is 3. The van der Waals surface area contributed by atoms with Crippen LogP contribution in [-0.4, -0.2) is 26.6 Å². The van der Waals surface area contributed by atoms with Crippen LogP contribution in [0.5, 0.6) is 5.75 Å². The first kappa shape index (κ1) is 15.8. The Balaban J connectivity index is 3.13. The molecule has 0 unspecified atom stereocenters. The van der Waals surface area contributed by atoms with Gasteiger partial charge >= 0.3 is 0 Å². The van der Waals surface area contributed by atoms with Crippen molar-refractivity contribution in [2.24, 2.45) is 0 Å². The summed E-state index contributed by atoms with van der Waals surface area (Å²) >= 11 is 0. The highest BCUT2D eigenvalue weighted by Crippen LogP contribution is 2.19. The number of carbonyl (C=O) groups excluding carboxylic acids is 1. The Morgan fingerprint density at radius 2 is 1.79 bits per heavy atom. The van der Waals surface area contributed by atoms with Gasteiger partial charge in [0.05, 0.1) is 20.7 Å². The summed E-state index contributed by atoms with van der Waals surface area (Å²) in [6, 6.07) is 5.92. The topological polar surface area (TPSA) is 38.3 Å². The van der Waals surface area contributed by atoms with Gasteiger partial charge in [0.1, 0.15) is 5.75 Å². The molecule has 1 aromatic carbocycles. The van der Waals surface area contributed by atoms with Gasteiger partial charge in [0.15, 0.2) is 0 Å². The minimum atomic E-state index is -1.40. The lowest BCUT2D eigenvalue weighted by Gasteiger charge is -2.22. The largest absolute Gasteiger partial charge is 0.496 e. The molecule has 0 radical (unpaired) electrons. The van der Waals surface area contributed by atoms with Crippen molar-refractivity contribution in [1.29, 1.82) is 0 Å². The molecule has 4 heteroatoms. The zero-order chi connectivity index (χ0) is 14.8. The van der Waals surface area contributed by atoms with E-state index in [2.05, 4.69) is 25.0 Å². The van der Waals surface area contributed by atoms with Crippen LogP contribution in [0, 0.1) is 0 Å². The number of carbonyl (C=O) groups is 1. The fourth-order valence-corrected chi connectivity index (χ4v) is 2.90. The number of ether oxygens (including phenoxy) is 1. The van der Waals surface area contributed by atoms with Gasteiger partial charge < -0.3 is 10.1 Å². The summed E-state index contributed by atoms with van der Waals surface area (Å²) in [6.45, 7) is 12.7. The molecule has 1 aromatic rings. The first-order valence-corrected chi connectivity index (χ1v) is 10.1.